The van der Waals surface area contributed by atoms with Crippen LogP contribution in [-0.2, 0) is 9.59 Å². The number of hydrogen-bond acceptors (Lipinski definition) is 8. The number of amides is 1. The van der Waals surface area contributed by atoms with Gasteiger partial charge in [0.15, 0.2) is 0 Å². The van der Waals surface area contributed by atoms with E-state index in [0.29, 0.717) is 47.1 Å². The van der Waals surface area contributed by atoms with Gasteiger partial charge >= 0.3 is 0 Å². The van der Waals surface area contributed by atoms with E-state index in [0.717, 1.165) is 6.54 Å². The number of likely N-dealkylation sites (tertiary alicyclic amines) is 1. The van der Waals surface area contributed by atoms with Crippen LogP contribution in [0.1, 0.15) is 35.1 Å². The molecule has 2 aromatic rings. The van der Waals surface area contributed by atoms with Gasteiger partial charge < -0.3 is 24.4 Å². The van der Waals surface area contributed by atoms with Crippen LogP contribution in [0.5, 0.6) is 11.5 Å². The third-order valence-electron chi connectivity index (χ3n) is 5.63. The van der Waals surface area contributed by atoms with Crippen LogP contribution < -0.4 is 9.47 Å². The van der Waals surface area contributed by atoms with Crippen molar-refractivity contribution in [2.75, 3.05) is 41.4 Å². The van der Waals surface area contributed by atoms with Crippen LogP contribution in [0.4, 0.5) is 0 Å². The van der Waals surface area contributed by atoms with E-state index in [4.69, 9.17) is 9.47 Å². The van der Waals surface area contributed by atoms with E-state index in [9.17, 15) is 14.7 Å². The van der Waals surface area contributed by atoms with Crippen molar-refractivity contribution in [1.29, 1.82) is 0 Å². The molecule has 0 saturated carbocycles. The first-order valence-corrected chi connectivity index (χ1v) is 10.6. The maximum absolute atomic E-state index is 13.2. The summed E-state index contributed by atoms with van der Waals surface area (Å²) in [6.07, 6.45) is 2.11. The Morgan fingerprint density at radius 3 is 2.52 bits per heavy atom. The molecular weight excluding hydrogens is 424 g/mol. The summed E-state index contributed by atoms with van der Waals surface area (Å²) in [6.45, 7) is 4.52. The summed E-state index contributed by atoms with van der Waals surface area (Å²) in [4.78, 5) is 38.3. The number of aryl methyl sites for hydroxylation is 2. The molecule has 0 spiro atoms. The molecule has 9 nitrogen and oxygen atoms in total. The number of aromatic nitrogens is 2. The molecule has 0 radical (unpaired) electrons. The average molecular weight is 455 g/mol. The lowest BCUT2D eigenvalue weighted by Crippen LogP contribution is -2.32. The zero-order chi connectivity index (χ0) is 24.3. The molecule has 1 fully saturated rings. The van der Waals surface area contributed by atoms with E-state index in [1.165, 1.54) is 25.3 Å². The van der Waals surface area contributed by atoms with Crippen molar-refractivity contribution in [1.82, 2.24) is 19.8 Å². The molecule has 1 aliphatic rings. The molecule has 0 bridgehead atoms. The Morgan fingerprint density at radius 2 is 1.91 bits per heavy atom. The normalized spacial score (nSPS) is 17.7. The first-order valence-electron chi connectivity index (χ1n) is 10.6. The van der Waals surface area contributed by atoms with Gasteiger partial charge in [-0.15, -0.1) is 0 Å². The summed E-state index contributed by atoms with van der Waals surface area (Å²) in [5.74, 6) is -0.180. The highest BCUT2D eigenvalue weighted by Gasteiger charge is 2.47. The van der Waals surface area contributed by atoms with Crippen LogP contribution >= 0.6 is 0 Å². The topological polar surface area (TPSA) is 105 Å². The molecule has 176 valence electrons. The highest BCUT2D eigenvalue weighted by atomic mass is 16.5. The number of aliphatic hydroxyl groups excluding tert-OH is 1. The largest absolute Gasteiger partial charge is 0.507 e. The summed E-state index contributed by atoms with van der Waals surface area (Å²) < 4.78 is 10.9. The standard InChI is InChI=1S/C24H30N4O5/c1-14-18(13-25-15(2)26-14)22(29)20-21(17-12-16(32-5)8-9-19(17)33-6)28(24(31)23(20)30)11-7-10-27(3)4/h8-9,12-13,21,29H,7,10-11H2,1-6H3/t21-/m0/s1. The van der Waals surface area contributed by atoms with Gasteiger partial charge in [0.1, 0.15) is 23.1 Å². The van der Waals surface area contributed by atoms with Crippen molar-refractivity contribution in [3.8, 4) is 11.5 Å². The highest BCUT2D eigenvalue weighted by molar-refractivity contribution is 6.46. The van der Waals surface area contributed by atoms with Crippen molar-refractivity contribution in [3.05, 3.63) is 52.6 Å². The smallest absolute Gasteiger partial charge is 0.295 e. The molecule has 1 N–H and O–H groups in total. The first-order chi connectivity index (χ1) is 15.7. The Morgan fingerprint density at radius 1 is 1.18 bits per heavy atom. The predicted molar refractivity (Wildman–Crippen MR) is 123 cm³/mol. The fraction of sp³-hybridized carbons (Fsp3) is 0.417. The molecular formula is C24H30N4O5. The molecule has 1 aromatic heterocycles. The molecule has 1 atom stereocenters. The number of hydrogen-bond donors (Lipinski definition) is 1. The molecule has 1 amide bonds. The summed E-state index contributed by atoms with van der Waals surface area (Å²) in [5.41, 5.74) is 1.34. The molecule has 3 rings (SSSR count). The summed E-state index contributed by atoms with van der Waals surface area (Å²) in [5, 5.41) is 11.3. The number of aliphatic hydroxyl groups is 1. The van der Waals surface area contributed by atoms with Gasteiger partial charge in [0, 0.05) is 18.3 Å². The zero-order valence-electron chi connectivity index (χ0n) is 19.9. The lowest BCUT2D eigenvalue weighted by atomic mass is 9.94. The van der Waals surface area contributed by atoms with Crippen LogP contribution in [0.3, 0.4) is 0 Å². The molecule has 33 heavy (non-hydrogen) atoms. The van der Waals surface area contributed by atoms with Gasteiger partial charge in [-0.25, -0.2) is 9.97 Å². The molecule has 1 aromatic carbocycles. The minimum atomic E-state index is -0.849. The molecule has 0 unspecified atom stereocenters. The number of benzene rings is 1. The van der Waals surface area contributed by atoms with Crippen molar-refractivity contribution in [2.24, 2.45) is 0 Å². The van der Waals surface area contributed by atoms with Gasteiger partial charge in [-0.05, 0) is 59.1 Å². The summed E-state index contributed by atoms with van der Waals surface area (Å²) in [7, 11) is 6.93. The van der Waals surface area contributed by atoms with Crippen molar-refractivity contribution in [3.63, 3.8) is 0 Å². The quantitative estimate of drug-likeness (QED) is 0.369. The van der Waals surface area contributed by atoms with Crippen molar-refractivity contribution in [2.45, 2.75) is 26.3 Å². The third kappa shape index (κ3) is 4.83. The summed E-state index contributed by atoms with van der Waals surface area (Å²) in [6, 6.07) is 4.32. The van der Waals surface area contributed by atoms with E-state index in [-0.39, 0.29) is 11.3 Å². The van der Waals surface area contributed by atoms with Gasteiger partial charge in [0.05, 0.1) is 37.1 Å². The second kappa shape index (κ2) is 9.99. The minimum Gasteiger partial charge on any atom is -0.507 e. The maximum atomic E-state index is 13.2. The molecule has 0 aliphatic carbocycles. The van der Waals surface area contributed by atoms with E-state index < -0.39 is 17.7 Å². The Bertz CT molecular complexity index is 1100. The first kappa shape index (κ1) is 24.2. The van der Waals surface area contributed by atoms with Gasteiger partial charge in [0.25, 0.3) is 11.7 Å². The van der Waals surface area contributed by atoms with E-state index in [2.05, 4.69) is 9.97 Å². The third-order valence-corrected chi connectivity index (χ3v) is 5.63. The van der Waals surface area contributed by atoms with Gasteiger partial charge in [-0.1, -0.05) is 0 Å². The Kier molecular flexibility index (Phi) is 7.33. The van der Waals surface area contributed by atoms with E-state index in [1.807, 2.05) is 19.0 Å². The SMILES string of the molecule is COc1ccc(OC)c([C@H]2C(=C(O)c3cnc(C)nc3C)C(=O)C(=O)N2CCCN(C)C)c1. The van der Waals surface area contributed by atoms with Gasteiger partial charge in [0.2, 0.25) is 0 Å². The van der Waals surface area contributed by atoms with Crippen molar-refractivity contribution < 1.29 is 24.2 Å². The highest BCUT2D eigenvalue weighted by Crippen LogP contribution is 2.44. The fourth-order valence-electron chi connectivity index (χ4n) is 4.01. The van der Waals surface area contributed by atoms with E-state index in [1.54, 1.807) is 32.0 Å². The zero-order valence-corrected chi connectivity index (χ0v) is 19.9. The average Bonchev–Trinajstić information content (AvgIpc) is 3.02. The number of Topliss-reactive ketones (excluding diaryl/α,β-unsaturated/α-hetero) is 1. The summed E-state index contributed by atoms with van der Waals surface area (Å²) >= 11 is 0. The molecule has 1 aliphatic heterocycles. The van der Waals surface area contributed by atoms with Gasteiger partial charge in [-0.2, -0.15) is 0 Å². The molecule has 1 saturated heterocycles. The second-order valence-electron chi connectivity index (χ2n) is 8.17. The number of carbonyl (C=O) groups is 2. The fourth-order valence-corrected chi connectivity index (χ4v) is 4.01. The number of methoxy groups -OCH3 is 2. The number of ketones is 1. The van der Waals surface area contributed by atoms with Gasteiger partial charge in [-0.3, -0.25) is 9.59 Å². The number of rotatable bonds is 8. The van der Waals surface area contributed by atoms with E-state index >= 15 is 0 Å². The number of nitrogens with zero attached hydrogens (tertiary/aromatic N) is 4. The maximum Gasteiger partial charge on any atom is 0.295 e. The molecule has 9 heteroatoms. The van der Waals surface area contributed by atoms with Crippen LogP contribution in [0.15, 0.2) is 30.0 Å². The second-order valence-corrected chi connectivity index (χ2v) is 8.17. The van der Waals surface area contributed by atoms with Crippen molar-refractivity contribution >= 4 is 17.4 Å². The van der Waals surface area contributed by atoms with Crippen LogP contribution in [-0.4, -0.2) is 78.0 Å². The molecule has 2 heterocycles. The predicted octanol–water partition coefficient (Wildman–Crippen LogP) is 2.48. The van der Waals surface area contributed by atoms with Crippen LogP contribution in [0.2, 0.25) is 0 Å². The minimum absolute atomic E-state index is 0.0213. The van der Waals surface area contributed by atoms with Crippen LogP contribution in [0.25, 0.3) is 5.76 Å². The Balaban J connectivity index is 2.22. The Hall–Kier alpha value is -3.46. The van der Waals surface area contributed by atoms with Crippen LogP contribution in [0, 0.1) is 13.8 Å². The lowest BCUT2D eigenvalue weighted by molar-refractivity contribution is -0.140. The Labute approximate surface area is 193 Å². The lowest BCUT2D eigenvalue weighted by Gasteiger charge is -2.27. The monoisotopic (exact) mass is 454 g/mol. The number of ether oxygens (including phenoxy) is 2. The number of carbonyl (C=O) groups excluding carboxylic acids is 2.